The summed E-state index contributed by atoms with van der Waals surface area (Å²) >= 11 is 1.94. The van der Waals surface area contributed by atoms with Gasteiger partial charge in [-0.1, -0.05) is 20.3 Å². The summed E-state index contributed by atoms with van der Waals surface area (Å²) in [7, 11) is 0. The van der Waals surface area contributed by atoms with E-state index in [4.69, 9.17) is 0 Å². The number of rotatable bonds is 3. The summed E-state index contributed by atoms with van der Waals surface area (Å²) in [5.41, 5.74) is 0. The first-order chi connectivity index (χ1) is 4.75. The second-order valence-electron chi connectivity index (χ2n) is 3.17. The molecule has 2 heteroatoms. The normalized spacial score (nSPS) is 25.5. The van der Waals surface area contributed by atoms with Crippen molar-refractivity contribution in [3.63, 3.8) is 0 Å². The molecule has 0 aromatic heterocycles. The molecule has 1 aliphatic heterocycles. The molecule has 60 valence electrons. The largest absolute Gasteiger partial charge is 0.393 e. The highest BCUT2D eigenvalue weighted by Gasteiger charge is 2.28. The predicted molar refractivity (Wildman–Crippen MR) is 46.3 cm³/mol. The molecule has 1 saturated heterocycles. The molecule has 2 unspecified atom stereocenters. The van der Waals surface area contributed by atoms with E-state index >= 15 is 0 Å². The second-order valence-corrected chi connectivity index (χ2v) is 4.25. The smallest absolute Gasteiger partial charge is 0.0609 e. The Balaban J connectivity index is 2.24. The van der Waals surface area contributed by atoms with Gasteiger partial charge in [0.05, 0.1) is 6.10 Å². The molecule has 0 aliphatic carbocycles. The topological polar surface area (TPSA) is 20.2 Å². The second kappa shape index (κ2) is 3.63. The van der Waals surface area contributed by atoms with Crippen LogP contribution in [0.4, 0.5) is 0 Å². The Hall–Kier alpha value is 0.310. The van der Waals surface area contributed by atoms with E-state index in [0.29, 0.717) is 11.8 Å². The summed E-state index contributed by atoms with van der Waals surface area (Å²) in [5, 5.41) is 9.62. The van der Waals surface area contributed by atoms with Crippen molar-refractivity contribution in [2.45, 2.75) is 26.4 Å². The van der Waals surface area contributed by atoms with Gasteiger partial charge in [-0.15, -0.1) is 0 Å². The van der Waals surface area contributed by atoms with E-state index < -0.39 is 0 Å². The van der Waals surface area contributed by atoms with Crippen molar-refractivity contribution in [3.05, 3.63) is 0 Å². The molecule has 1 rings (SSSR count). The van der Waals surface area contributed by atoms with Crippen molar-refractivity contribution in [1.82, 2.24) is 0 Å². The lowest BCUT2D eigenvalue weighted by atomic mass is 9.92. The minimum atomic E-state index is -0.0359. The summed E-state index contributed by atoms with van der Waals surface area (Å²) in [5.74, 6) is 3.43. The van der Waals surface area contributed by atoms with Crippen molar-refractivity contribution >= 4 is 11.8 Å². The van der Waals surface area contributed by atoms with Gasteiger partial charge in [-0.25, -0.2) is 0 Å². The maximum atomic E-state index is 9.62. The standard InChI is InChI=1S/C8H16OS/c1-3-6(2)8(9)7-4-10-5-7/h6-9H,3-5H2,1-2H3. The first kappa shape index (κ1) is 8.41. The molecule has 1 fully saturated rings. The van der Waals surface area contributed by atoms with Gasteiger partial charge in [0.25, 0.3) is 0 Å². The quantitative estimate of drug-likeness (QED) is 0.679. The molecule has 0 aromatic carbocycles. The SMILES string of the molecule is CCC(C)C(O)C1CSC1. The molecule has 1 N–H and O–H groups in total. The number of aliphatic hydroxyl groups is 1. The predicted octanol–water partition coefficient (Wildman–Crippen LogP) is 1.76. The van der Waals surface area contributed by atoms with Crippen LogP contribution in [0, 0.1) is 11.8 Å². The van der Waals surface area contributed by atoms with Gasteiger partial charge in [0.2, 0.25) is 0 Å². The minimum Gasteiger partial charge on any atom is -0.393 e. The number of hydrogen-bond donors (Lipinski definition) is 1. The third-order valence-electron chi connectivity index (χ3n) is 2.37. The average molecular weight is 160 g/mol. The molecule has 0 amide bonds. The Morgan fingerprint density at radius 2 is 2.20 bits per heavy atom. The Labute approximate surface area is 67.2 Å². The van der Waals surface area contributed by atoms with Crippen LogP contribution in [0.15, 0.2) is 0 Å². The van der Waals surface area contributed by atoms with Crippen molar-refractivity contribution in [2.24, 2.45) is 11.8 Å². The zero-order valence-electron chi connectivity index (χ0n) is 6.71. The fraction of sp³-hybridized carbons (Fsp3) is 1.00. The lowest BCUT2D eigenvalue weighted by Crippen LogP contribution is -2.35. The number of aliphatic hydroxyl groups excluding tert-OH is 1. The van der Waals surface area contributed by atoms with E-state index in [0.717, 1.165) is 6.42 Å². The van der Waals surface area contributed by atoms with Gasteiger partial charge in [0.15, 0.2) is 0 Å². The molecule has 10 heavy (non-hydrogen) atoms. The highest BCUT2D eigenvalue weighted by atomic mass is 32.2. The maximum Gasteiger partial charge on any atom is 0.0609 e. The molecule has 1 nitrogen and oxygen atoms in total. The molecule has 2 atom stereocenters. The molecule has 1 heterocycles. The van der Waals surface area contributed by atoms with E-state index in [-0.39, 0.29) is 6.10 Å². The van der Waals surface area contributed by atoms with Gasteiger partial charge in [-0.05, 0) is 17.4 Å². The molecular weight excluding hydrogens is 144 g/mol. The number of hydrogen-bond acceptors (Lipinski definition) is 2. The first-order valence-electron chi connectivity index (χ1n) is 4.01. The Morgan fingerprint density at radius 3 is 2.50 bits per heavy atom. The fourth-order valence-electron chi connectivity index (χ4n) is 1.16. The van der Waals surface area contributed by atoms with Crippen LogP contribution in [0.1, 0.15) is 20.3 Å². The average Bonchev–Trinajstić information content (AvgIpc) is 1.82. The summed E-state index contributed by atoms with van der Waals surface area (Å²) in [6.07, 6.45) is 1.06. The van der Waals surface area contributed by atoms with Crippen molar-refractivity contribution in [3.8, 4) is 0 Å². The lowest BCUT2D eigenvalue weighted by molar-refractivity contribution is 0.0701. The van der Waals surface area contributed by atoms with E-state index in [9.17, 15) is 5.11 Å². The summed E-state index contributed by atoms with van der Waals surface area (Å²) in [4.78, 5) is 0. The molecule has 0 spiro atoms. The van der Waals surface area contributed by atoms with Crippen LogP contribution in [0.5, 0.6) is 0 Å². The number of thioether (sulfide) groups is 1. The van der Waals surface area contributed by atoms with Crippen molar-refractivity contribution in [2.75, 3.05) is 11.5 Å². The van der Waals surface area contributed by atoms with Gasteiger partial charge in [-0.2, -0.15) is 11.8 Å². The molecule has 0 saturated carbocycles. The monoisotopic (exact) mass is 160 g/mol. The Kier molecular flexibility index (Phi) is 3.05. The first-order valence-corrected chi connectivity index (χ1v) is 5.17. The van der Waals surface area contributed by atoms with E-state index in [1.807, 2.05) is 11.8 Å². The van der Waals surface area contributed by atoms with E-state index in [1.165, 1.54) is 11.5 Å². The Morgan fingerprint density at radius 1 is 1.60 bits per heavy atom. The van der Waals surface area contributed by atoms with Crippen LogP contribution in [0.2, 0.25) is 0 Å². The van der Waals surface area contributed by atoms with Crippen LogP contribution in [-0.4, -0.2) is 22.7 Å². The zero-order valence-corrected chi connectivity index (χ0v) is 7.53. The minimum absolute atomic E-state index is 0.0359. The van der Waals surface area contributed by atoms with Gasteiger partial charge in [-0.3, -0.25) is 0 Å². The summed E-state index contributed by atoms with van der Waals surface area (Å²) < 4.78 is 0. The Bertz CT molecular complexity index is 96.7. The lowest BCUT2D eigenvalue weighted by Gasteiger charge is -2.32. The fourth-order valence-corrected chi connectivity index (χ4v) is 2.06. The van der Waals surface area contributed by atoms with E-state index in [1.54, 1.807) is 0 Å². The maximum absolute atomic E-state index is 9.62. The molecule has 1 aliphatic rings. The van der Waals surface area contributed by atoms with Crippen LogP contribution < -0.4 is 0 Å². The van der Waals surface area contributed by atoms with Crippen molar-refractivity contribution < 1.29 is 5.11 Å². The summed E-state index contributed by atoms with van der Waals surface area (Å²) in [6.45, 7) is 4.27. The van der Waals surface area contributed by atoms with Crippen LogP contribution in [0.3, 0.4) is 0 Å². The molecule has 0 bridgehead atoms. The van der Waals surface area contributed by atoms with E-state index in [2.05, 4.69) is 13.8 Å². The van der Waals surface area contributed by atoms with Crippen molar-refractivity contribution in [1.29, 1.82) is 0 Å². The van der Waals surface area contributed by atoms with Crippen LogP contribution in [-0.2, 0) is 0 Å². The van der Waals surface area contributed by atoms with Crippen LogP contribution >= 0.6 is 11.8 Å². The third kappa shape index (κ3) is 1.67. The third-order valence-corrected chi connectivity index (χ3v) is 3.70. The zero-order chi connectivity index (χ0) is 7.56. The van der Waals surface area contributed by atoms with Crippen LogP contribution in [0.25, 0.3) is 0 Å². The highest BCUT2D eigenvalue weighted by Crippen LogP contribution is 2.31. The molecular formula is C8H16OS. The highest BCUT2D eigenvalue weighted by molar-refractivity contribution is 8.00. The molecule has 0 aromatic rings. The van der Waals surface area contributed by atoms with Gasteiger partial charge < -0.3 is 5.11 Å². The van der Waals surface area contributed by atoms with Gasteiger partial charge in [0, 0.05) is 5.92 Å². The van der Waals surface area contributed by atoms with Gasteiger partial charge >= 0.3 is 0 Å². The molecule has 0 radical (unpaired) electrons. The van der Waals surface area contributed by atoms with Gasteiger partial charge in [0.1, 0.15) is 0 Å². The summed E-state index contributed by atoms with van der Waals surface area (Å²) in [6, 6.07) is 0.